The van der Waals surface area contributed by atoms with Crippen molar-refractivity contribution in [3.63, 3.8) is 0 Å². The fourth-order valence-electron chi connectivity index (χ4n) is 1.82. The summed E-state index contributed by atoms with van der Waals surface area (Å²) in [5.74, 6) is 1.19. The summed E-state index contributed by atoms with van der Waals surface area (Å²) in [5.41, 5.74) is 1.25. The van der Waals surface area contributed by atoms with Crippen LogP contribution in [0.15, 0.2) is 29.5 Å². The number of nitrogens with one attached hydrogen (secondary N) is 1. The molecule has 92 valence electrons. The molecule has 0 bridgehead atoms. The molecule has 0 radical (unpaired) electrons. The standard InChI is InChI=1S/C13H19N3S/c1-2-12-6-9-17-13(16-12)15-8-5-11-4-3-7-14-10-11/h3-4,7,10,12H,2,5-6,8-9H2,1H3,(H,15,16). The third-order valence-corrected chi connectivity index (χ3v) is 3.86. The molecule has 1 N–H and O–H groups in total. The second kappa shape index (κ2) is 6.64. The van der Waals surface area contributed by atoms with Crippen LogP contribution in [-0.4, -0.2) is 28.5 Å². The van der Waals surface area contributed by atoms with E-state index in [-0.39, 0.29) is 0 Å². The third-order valence-electron chi connectivity index (χ3n) is 2.90. The van der Waals surface area contributed by atoms with Gasteiger partial charge in [-0.1, -0.05) is 24.8 Å². The van der Waals surface area contributed by atoms with Crippen molar-refractivity contribution < 1.29 is 0 Å². The van der Waals surface area contributed by atoms with Crippen molar-refractivity contribution in [3.05, 3.63) is 30.1 Å². The van der Waals surface area contributed by atoms with Gasteiger partial charge >= 0.3 is 0 Å². The number of rotatable bonds is 4. The maximum atomic E-state index is 4.62. The first kappa shape index (κ1) is 12.4. The summed E-state index contributed by atoms with van der Waals surface area (Å²) < 4.78 is 0. The SMILES string of the molecule is CCC1CCSC(=NCCc2cccnc2)N1. The van der Waals surface area contributed by atoms with Gasteiger partial charge in [-0.05, 0) is 30.9 Å². The van der Waals surface area contributed by atoms with E-state index in [0.717, 1.165) is 18.1 Å². The van der Waals surface area contributed by atoms with E-state index in [0.29, 0.717) is 6.04 Å². The number of thioether (sulfide) groups is 1. The molecule has 2 rings (SSSR count). The number of hydrogen-bond donors (Lipinski definition) is 1. The topological polar surface area (TPSA) is 37.3 Å². The normalized spacial score (nSPS) is 22.4. The van der Waals surface area contributed by atoms with Gasteiger partial charge < -0.3 is 5.32 Å². The second-order valence-electron chi connectivity index (χ2n) is 4.18. The average Bonchev–Trinajstić information content (AvgIpc) is 2.40. The zero-order chi connectivity index (χ0) is 11.9. The van der Waals surface area contributed by atoms with Gasteiger partial charge in [-0.25, -0.2) is 0 Å². The van der Waals surface area contributed by atoms with Crippen LogP contribution in [0.25, 0.3) is 0 Å². The zero-order valence-corrected chi connectivity index (χ0v) is 11.0. The van der Waals surface area contributed by atoms with Crippen LogP contribution in [0.5, 0.6) is 0 Å². The Morgan fingerprint density at radius 2 is 2.53 bits per heavy atom. The summed E-state index contributed by atoms with van der Waals surface area (Å²) in [6.45, 7) is 3.07. The van der Waals surface area contributed by atoms with Gasteiger partial charge in [-0.2, -0.15) is 0 Å². The number of aliphatic imine (C=N–C) groups is 1. The zero-order valence-electron chi connectivity index (χ0n) is 10.2. The number of hydrogen-bond acceptors (Lipinski definition) is 3. The van der Waals surface area contributed by atoms with Crippen molar-refractivity contribution in [2.24, 2.45) is 4.99 Å². The molecule has 3 nitrogen and oxygen atoms in total. The highest BCUT2D eigenvalue weighted by molar-refractivity contribution is 8.13. The monoisotopic (exact) mass is 249 g/mol. The Labute approximate surface area is 107 Å². The first-order chi connectivity index (χ1) is 8.38. The molecule has 1 aromatic rings. The lowest BCUT2D eigenvalue weighted by atomic mass is 10.2. The van der Waals surface area contributed by atoms with E-state index in [1.165, 1.54) is 24.2 Å². The first-order valence-electron chi connectivity index (χ1n) is 6.21. The maximum absolute atomic E-state index is 4.62. The largest absolute Gasteiger partial charge is 0.362 e. The van der Waals surface area contributed by atoms with Crippen molar-refractivity contribution in [2.75, 3.05) is 12.3 Å². The van der Waals surface area contributed by atoms with Gasteiger partial charge in [0, 0.05) is 30.7 Å². The molecule has 1 atom stereocenters. The van der Waals surface area contributed by atoms with Gasteiger partial charge in [0.25, 0.3) is 0 Å². The van der Waals surface area contributed by atoms with Gasteiger partial charge in [0.05, 0.1) is 0 Å². The van der Waals surface area contributed by atoms with Crippen molar-refractivity contribution in [3.8, 4) is 0 Å². The molecule has 1 saturated heterocycles. The predicted octanol–water partition coefficient (Wildman–Crippen LogP) is 2.49. The van der Waals surface area contributed by atoms with Gasteiger partial charge in [0.15, 0.2) is 5.17 Å². The summed E-state index contributed by atoms with van der Waals surface area (Å²) in [6.07, 6.45) is 7.12. The smallest absolute Gasteiger partial charge is 0.156 e. The minimum absolute atomic E-state index is 0.619. The van der Waals surface area contributed by atoms with E-state index in [9.17, 15) is 0 Å². The van der Waals surface area contributed by atoms with Crippen LogP contribution in [0.2, 0.25) is 0 Å². The highest BCUT2D eigenvalue weighted by atomic mass is 32.2. The lowest BCUT2D eigenvalue weighted by molar-refractivity contribution is 0.570. The summed E-state index contributed by atoms with van der Waals surface area (Å²) in [5, 5.41) is 4.60. The minimum Gasteiger partial charge on any atom is -0.362 e. The summed E-state index contributed by atoms with van der Waals surface area (Å²) in [7, 11) is 0. The first-order valence-corrected chi connectivity index (χ1v) is 7.19. The third kappa shape index (κ3) is 4.04. The highest BCUT2D eigenvalue weighted by Gasteiger charge is 2.14. The van der Waals surface area contributed by atoms with Crippen LogP contribution < -0.4 is 5.32 Å². The van der Waals surface area contributed by atoms with Crippen LogP contribution >= 0.6 is 11.8 Å². The molecule has 1 aliphatic rings. The molecule has 17 heavy (non-hydrogen) atoms. The fraction of sp³-hybridized carbons (Fsp3) is 0.538. The average molecular weight is 249 g/mol. The molecular weight excluding hydrogens is 230 g/mol. The summed E-state index contributed by atoms with van der Waals surface area (Å²) in [4.78, 5) is 8.72. The summed E-state index contributed by atoms with van der Waals surface area (Å²) in [6, 6.07) is 4.69. The number of pyridine rings is 1. The van der Waals surface area contributed by atoms with Crippen molar-refractivity contribution in [1.82, 2.24) is 10.3 Å². The van der Waals surface area contributed by atoms with Crippen molar-refractivity contribution in [2.45, 2.75) is 32.2 Å². The lowest BCUT2D eigenvalue weighted by Gasteiger charge is -2.24. The van der Waals surface area contributed by atoms with Crippen LogP contribution in [0.4, 0.5) is 0 Å². The molecule has 1 unspecified atom stereocenters. The Kier molecular flexibility index (Phi) is 4.86. The Balaban J connectivity index is 1.80. The molecule has 1 aromatic heterocycles. The maximum Gasteiger partial charge on any atom is 0.156 e. The highest BCUT2D eigenvalue weighted by Crippen LogP contribution is 2.15. The van der Waals surface area contributed by atoms with Crippen LogP contribution in [-0.2, 0) is 6.42 Å². The number of aromatic nitrogens is 1. The molecule has 0 amide bonds. The molecule has 4 heteroatoms. The van der Waals surface area contributed by atoms with Crippen molar-refractivity contribution in [1.29, 1.82) is 0 Å². The lowest BCUT2D eigenvalue weighted by Crippen LogP contribution is -2.37. The second-order valence-corrected chi connectivity index (χ2v) is 5.27. The number of amidine groups is 1. The van der Waals surface area contributed by atoms with Crippen LogP contribution in [0.1, 0.15) is 25.3 Å². The van der Waals surface area contributed by atoms with Gasteiger partial charge in [0.1, 0.15) is 0 Å². The molecule has 0 aliphatic carbocycles. The molecule has 0 saturated carbocycles. The van der Waals surface area contributed by atoms with Crippen LogP contribution in [0.3, 0.4) is 0 Å². The van der Waals surface area contributed by atoms with E-state index < -0.39 is 0 Å². The Morgan fingerprint density at radius 1 is 1.59 bits per heavy atom. The van der Waals surface area contributed by atoms with Crippen molar-refractivity contribution >= 4 is 16.9 Å². The summed E-state index contributed by atoms with van der Waals surface area (Å²) >= 11 is 1.84. The predicted molar refractivity (Wildman–Crippen MR) is 74.5 cm³/mol. The van der Waals surface area contributed by atoms with E-state index in [2.05, 4.69) is 28.3 Å². The van der Waals surface area contributed by atoms with E-state index >= 15 is 0 Å². The quantitative estimate of drug-likeness (QED) is 0.891. The molecule has 0 spiro atoms. The molecule has 2 heterocycles. The Morgan fingerprint density at radius 3 is 3.29 bits per heavy atom. The van der Waals surface area contributed by atoms with E-state index in [4.69, 9.17) is 0 Å². The van der Waals surface area contributed by atoms with E-state index in [1.54, 1.807) is 6.20 Å². The molecule has 1 aliphatic heterocycles. The van der Waals surface area contributed by atoms with E-state index in [1.807, 2.05) is 24.0 Å². The Hall–Kier alpha value is -1.03. The Bertz CT molecular complexity index is 364. The number of nitrogens with zero attached hydrogens (tertiary/aromatic N) is 2. The molecular formula is C13H19N3S. The molecule has 1 fully saturated rings. The molecule has 0 aromatic carbocycles. The van der Waals surface area contributed by atoms with Gasteiger partial charge in [0.2, 0.25) is 0 Å². The van der Waals surface area contributed by atoms with Crippen LogP contribution in [0, 0.1) is 0 Å². The van der Waals surface area contributed by atoms with Gasteiger partial charge in [-0.3, -0.25) is 9.98 Å². The minimum atomic E-state index is 0.619. The fourth-order valence-corrected chi connectivity index (χ4v) is 2.84. The van der Waals surface area contributed by atoms with Gasteiger partial charge in [-0.15, -0.1) is 0 Å².